The molecule has 0 aliphatic carbocycles. The van der Waals surface area contributed by atoms with E-state index in [2.05, 4.69) is 49.0 Å². The Hall–Kier alpha value is 0.170. The summed E-state index contributed by atoms with van der Waals surface area (Å²) in [5, 5.41) is 6.81. The van der Waals surface area contributed by atoms with Crippen molar-refractivity contribution in [3.8, 4) is 0 Å². The molecule has 1 heterocycles. The van der Waals surface area contributed by atoms with E-state index in [1.54, 1.807) is 0 Å². The number of aromatic nitrogens is 2. The molecule has 0 radical (unpaired) electrons. The third-order valence-electron chi connectivity index (χ3n) is 1.09. The Bertz CT molecular complexity index is 207. The normalized spacial score (nSPS) is 10.1. The van der Waals surface area contributed by atoms with Gasteiger partial charge < -0.3 is 0 Å². The van der Waals surface area contributed by atoms with Crippen molar-refractivity contribution in [2.45, 2.75) is 13.3 Å². The summed E-state index contributed by atoms with van der Waals surface area (Å²) in [7, 11) is 0. The van der Waals surface area contributed by atoms with Crippen molar-refractivity contribution in [2.24, 2.45) is 0 Å². The summed E-state index contributed by atoms with van der Waals surface area (Å²) in [5.74, 6) is 0. The van der Waals surface area contributed by atoms with Crippen LogP contribution in [0.3, 0.4) is 0 Å². The number of hydrogen-bond donors (Lipinski definition) is 1. The van der Waals surface area contributed by atoms with Gasteiger partial charge in [0.25, 0.3) is 0 Å². The summed E-state index contributed by atoms with van der Waals surface area (Å²) in [6, 6.07) is 0. The van der Waals surface area contributed by atoms with Crippen molar-refractivity contribution in [2.75, 3.05) is 0 Å². The highest BCUT2D eigenvalue weighted by Gasteiger charge is 2.03. The average Bonchev–Trinajstić information content (AvgIpc) is 2.15. The minimum Gasteiger partial charge on any atom is -0.280 e. The number of hydrogen-bond acceptors (Lipinski definition) is 1. The molecule has 1 rings (SSSR count). The minimum atomic E-state index is 0.847. The average molecular weight is 254 g/mol. The van der Waals surface area contributed by atoms with E-state index in [4.69, 9.17) is 0 Å². The first kappa shape index (κ1) is 7.28. The molecule has 1 N–H and O–H groups in total. The van der Waals surface area contributed by atoms with Gasteiger partial charge in [0.1, 0.15) is 4.60 Å². The zero-order chi connectivity index (χ0) is 6.85. The van der Waals surface area contributed by atoms with Gasteiger partial charge in [0, 0.05) is 0 Å². The van der Waals surface area contributed by atoms with Crippen LogP contribution < -0.4 is 0 Å². The fraction of sp³-hybridized carbons (Fsp3) is 0.400. The van der Waals surface area contributed by atoms with E-state index in [0.717, 1.165) is 21.2 Å². The van der Waals surface area contributed by atoms with Crippen LogP contribution in [0.2, 0.25) is 0 Å². The molecule has 0 spiro atoms. The summed E-state index contributed by atoms with van der Waals surface area (Å²) in [6.07, 6.45) is 0.971. The third kappa shape index (κ3) is 1.35. The molecule has 0 saturated carbocycles. The number of halogens is 2. The van der Waals surface area contributed by atoms with Gasteiger partial charge in [0.05, 0.1) is 10.2 Å². The van der Waals surface area contributed by atoms with Gasteiger partial charge in [-0.15, -0.1) is 0 Å². The number of nitrogens with zero attached hydrogens (tertiary/aromatic N) is 1. The quantitative estimate of drug-likeness (QED) is 0.819. The molecule has 0 aliphatic heterocycles. The molecule has 50 valence electrons. The fourth-order valence-corrected chi connectivity index (χ4v) is 1.36. The predicted molar refractivity (Wildman–Crippen MR) is 43.4 cm³/mol. The molecule has 0 amide bonds. The zero-order valence-electron chi connectivity index (χ0n) is 4.91. The lowest BCUT2D eigenvalue weighted by Crippen LogP contribution is -1.78. The van der Waals surface area contributed by atoms with Gasteiger partial charge in [-0.05, 0) is 38.3 Å². The Morgan fingerprint density at radius 3 is 2.44 bits per heavy atom. The smallest absolute Gasteiger partial charge is 0.142 e. The molecule has 0 atom stereocenters. The standard InChI is InChI=1S/C5H6Br2N2/c1-2-3-4(6)5(7)9-8-3/h2H2,1H3,(H,8,9). The molecule has 0 fully saturated rings. The first-order valence-corrected chi connectivity index (χ1v) is 4.22. The summed E-state index contributed by atoms with van der Waals surface area (Å²) < 4.78 is 1.88. The molecule has 0 aromatic carbocycles. The van der Waals surface area contributed by atoms with E-state index in [9.17, 15) is 0 Å². The van der Waals surface area contributed by atoms with Crippen molar-refractivity contribution in [1.82, 2.24) is 10.2 Å². The maximum atomic E-state index is 3.93. The topological polar surface area (TPSA) is 28.7 Å². The van der Waals surface area contributed by atoms with E-state index in [-0.39, 0.29) is 0 Å². The summed E-state index contributed by atoms with van der Waals surface area (Å²) >= 11 is 6.64. The van der Waals surface area contributed by atoms with Gasteiger partial charge in [0.2, 0.25) is 0 Å². The van der Waals surface area contributed by atoms with Crippen LogP contribution in [0.15, 0.2) is 9.08 Å². The van der Waals surface area contributed by atoms with Crippen LogP contribution in [0.1, 0.15) is 12.6 Å². The monoisotopic (exact) mass is 252 g/mol. The Morgan fingerprint density at radius 2 is 2.22 bits per heavy atom. The van der Waals surface area contributed by atoms with Crippen LogP contribution in [-0.4, -0.2) is 10.2 Å². The predicted octanol–water partition coefficient (Wildman–Crippen LogP) is 2.50. The Morgan fingerprint density at radius 1 is 1.56 bits per heavy atom. The number of aryl methyl sites for hydroxylation is 1. The molecule has 0 bridgehead atoms. The Labute approximate surface area is 70.3 Å². The lowest BCUT2D eigenvalue weighted by atomic mass is 10.3. The molecular formula is C5H6Br2N2. The van der Waals surface area contributed by atoms with Crippen molar-refractivity contribution < 1.29 is 0 Å². The first-order valence-electron chi connectivity index (χ1n) is 2.64. The third-order valence-corrected chi connectivity index (χ3v) is 3.05. The van der Waals surface area contributed by atoms with Crippen molar-refractivity contribution in [3.63, 3.8) is 0 Å². The van der Waals surface area contributed by atoms with E-state index in [1.165, 1.54) is 0 Å². The molecular weight excluding hydrogens is 248 g/mol. The van der Waals surface area contributed by atoms with Crippen molar-refractivity contribution in [1.29, 1.82) is 0 Å². The molecule has 1 aromatic heterocycles. The number of aromatic amines is 1. The first-order chi connectivity index (χ1) is 4.25. The summed E-state index contributed by atoms with van der Waals surface area (Å²) in [6.45, 7) is 2.07. The maximum absolute atomic E-state index is 3.93. The van der Waals surface area contributed by atoms with Crippen LogP contribution in [0.5, 0.6) is 0 Å². The van der Waals surface area contributed by atoms with Crippen molar-refractivity contribution in [3.05, 3.63) is 14.8 Å². The van der Waals surface area contributed by atoms with E-state index < -0.39 is 0 Å². The second-order valence-electron chi connectivity index (χ2n) is 1.66. The molecule has 4 heteroatoms. The number of rotatable bonds is 1. The van der Waals surface area contributed by atoms with E-state index in [0.29, 0.717) is 0 Å². The van der Waals surface area contributed by atoms with Crippen LogP contribution in [-0.2, 0) is 6.42 Å². The SMILES string of the molecule is CCc1[nH]nc(Br)c1Br. The van der Waals surface area contributed by atoms with Gasteiger partial charge in [-0.1, -0.05) is 6.92 Å². The number of H-pyrrole nitrogens is 1. The second kappa shape index (κ2) is 2.84. The molecule has 0 unspecified atom stereocenters. The highest BCUT2D eigenvalue weighted by atomic mass is 79.9. The minimum absolute atomic E-state index is 0.847. The van der Waals surface area contributed by atoms with Crippen LogP contribution >= 0.6 is 31.9 Å². The molecule has 1 aromatic rings. The lowest BCUT2D eigenvalue weighted by molar-refractivity contribution is 0.967. The highest BCUT2D eigenvalue weighted by molar-refractivity contribution is 9.13. The maximum Gasteiger partial charge on any atom is 0.142 e. The van der Waals surface area contributed by atoms with Crippen LogP contribution in [0.4, 0.5) is 0 Å². The number of nitrogens with one attached hydrogen (secondary N) is 1. The zero-order valence-corrected chi connectivity index (χ0v) is 8.08. The molecule has 0 aliphatic rings. The van der Waals surface area contributed by atoms with Gasteiger partial charge in [0.15, 0.2) is 0 Å². The molecule has 0 saturated heterocycles. The fourth-order valence-electron chi connectivity index (χ4n) is 0.573. The Kier molecular flexibility index (Phi) is 2.29. The van der Waals surface area contributed by atoms with Gasteiger partial charge >= 0.3 is 0 Å². The van der Waals surface area contributed by atoms with Gasteiger partial charge in [-0.25, -0.2) is 0 Å². The Balaban J connectivity index is 3.04. The highest BCUT2D eigenvalue weighted by Crippen LogP contribution is 2.23. The van der Waals surface area contributed by atoms with Gasteiger partial charge in [-0.2, -0.15) is 5.10 Å². The van der Waals surface area contributed by atoms with Gasteiger partial charge in [-0.3, -0.25) is 5.10 Å². The lowest BCUT2D eigenvalue weighted by Gasteiger charge is -1.86. The van der Waals surface area contributed by atoms with Crippen molar-refractivity contribution >= 4 is 31.9 Å². The molecule has 9 heavy (non-hydrogen) atoms. The van der Waals surface area contributed by atoms with Crippen LogP contribution in [0, 0.1) is 0 Å². The summed E-state index contributed by atoms with van der Waals surface area (Å²) in [4.78, 5) is 0. The van der Waals surface area contributed by atoms with Crippen LogP contribution in [0.25, 0.3) is 0 Å². The second-order valence-corrected chi connectivity index (χ2v) is 3.20. The van der Waals surface area contributed by atoms with E-state index in [1.807, 2.05) is 0 Å². The largest absolute Gasteiger partial charge is 0.280 e. The van der Waals surface area contributed by atoms with E-state index >= 15 is 0 Å². The molecule has 2 nitrogen and oxygen atoms in total. The summed E-state index contributed by atoms with van der Waals surface area (Å²) in [5.41, 5.74) is 1.13.